The second-order valence-electron chi connectivity index (χ2n) is 4.38. The highest BCUT2D eigenvalue weighted by atomic mass is 16.3. The zero-order valence-corrected chi connectivity index (χ0v) is 10.9. The second-order valence-corrected chi connectivity index (χ2v) is 4.38. The van der Waals surface area contributed by atoms with E-state index in [9.17, 15) is 5.11 Å². The predicted molar refractivity (Wildman–Crippen MR) is 69.9 cm³/mol. The van der Waals surface area contributed by atoms with Crippen LogP contribution in [-0.4, -0.2) is 18.2 Å². The van der Waals surface area contributed by atoms with Crippen molar-refractivity contribution in [2.24, 2.45) is 0 Å². The first-order valence-corrected chi connectivity index (χ1v) is 5.83. The largest absolute Gasteiger partial charge is 0.389 e. The maximum Gasteiger partial charge on any atom is 0.0992 e. The molecular formula is C14H17N3O. The molecule has 0 radical (unpaired) electrons. The van der Waals surface area contributed by atoms with E-state index in [1.807, 2.05) is 18.9 Å². The van der Waals surface area contributed by atoms with Crippen LogP contribution >= 0.6 is 0 Å². The smallest absolute Gasteiger partial charge is 0.0992 e. The quantitative estimate of drug-likeness (QED) is 0.881. The Hall–Kier alpha value is -2.04. The molecule has 0 aliphatic heterocycles. The Balaban J connectivity index is 3.20. The maximum atomic E-state index is 9.75. The molecule has 1 N–H and O–H groups in total. The number of benzene rings is 1. The first-order chi connectivity index (χ1) is 8.51. The van der Waals surface area contributed by atoms with E-state index in [1.165, 1.54) is 0 Å². The minimum atomic E-state index is -0.607. The third-order valence-electron chi connectivity index (χ3n) is 3.04. The molecule has 0 saturated heterocycles. The van der Waals surface area contributed by atoms with E-state index in [2.05, 4.69) is 12.1 Å². The number of anilines is 1. The van der Waals surface area contributed by atoms with Gasteiger partial charge in [-0.2, -0.15) is 10.5 Å². The number of hydrogen-bond donors (Lipinski definition) is 1. The zero-order valence-electron chi connectivity index (χ0n) is 10.9. The molecule has 1 unspecified atom stereocenters. The van der Waals surface area contributed by atoms with E-state index < -0.39 is 6.10 Å². The molecule has 18 heavy (non-hydrogen) atoms. The van der Waals surface area contributed by atoms with Crippen LogP contribution in [0.4, 0.5) is 5.69 Å². The van der Waals surface area contributed by atoms with Crippen molar-refractivity contribution in [1.29, 1.82) is 10.5 Å². The molecule has 0 bridgehead atoms. The van der Waals surface area contributed by atoms with Gasteiger partial charge in [0.1, 0.15) is 0 Å². The van der Waals surface area contributed by atoms with E-state index in [0.29, 0.717) is 12.0 Å². The molecule has 4 nitrogen and oxygen atoms in total. The van der Waals surface area contributed by atoms with Crippen molar-refractivity contribution in [1.82, 2.24) is 0 Å². The fourth-order valence-corrected chi connectivity index (χ4v) is 1.78. The predicted octanol–water partition coefficient (Wildman–Crippen LogP) is 2.35. The van der Waals surface area contributed by atoms with Crippen molar-refractivity contribution in [3.63, 3.8) is 0 Å². The number of aliphatic hydroxyl groups excluding tert-OH is 1. The van der Waals surface area contributed by atoms with Gasteiger partial charge in [0.25, 0.3) is 0 Å². The van der Waals surface area contributed by atoms with Crippen molar-refractivity contribution in [2.75, 3.05) is 11.9 Å². The van der Waals surface area contributed by atoms with Crippen LogP contribution in [0.5, 0.6) is 0 Å². The Morgan fingerprint density at radius 1 is 1.33 bits per heavy atom. The van der Waals surface area contributed by atoms with E-state index in [4.69, 9.17) is 10.5 Å². The summed E-state index contributed by atoms with van der Waals surface area (Å²) in [5.74, 6) is 0. The van der Waals surface area contributed by atoms with Crippen molar-refractivity contribution < 1.29 is 5.11 Å². The van der Waals surface area contributed by atoms with Gasteiger partial charge in [0.05, 0.1) is 30.2 Å². The minimum Gasteiger partial charge on any atom is -0.389 e. The second kappa shape index (κ2) is 6.05. The van der Waals surface area contributed by atoms with Crippen molar-refractivity contribution in [3.05, 3.63) is 29.3 Å². The molecule has 1 rings (SSSR count). The highest BCUT2D eigenvalue weighted by Gasteiger charge is 2.16. The van der Waals surface area contributed by atoms with E-state index in [-0.39, 0.29) is 6.04 Å². The van der Waals surface area contributed by atoms with Crippen LogP contribution in [0.15, 0.2) is 18.2 Å². The topological polar surface area (TPSA) is 71.0 Å². The normalized spacial score (nSPS) is 13.2. The van der Waals surface area contributed by atoms with Crippen molar-refractivity contribution in [2.45, 2.75) is 32.4 Å². The molecule has 1 aromatic rings. The van der Waals surface area contributed by atoms with Gasteiger partial charge in [-0.3, -0.25) is 0 Å². The molecule has 0 amide bonds. The van der Waals surface area contributed by atoms with Crippen molar-refractivity contribution >= 4 is 5.69 Å². The molecule has 0 aliphatic carbocycles. The Labute approximate surface area is 108 Å². The summed E-state index contributed by atoms with van der Waals surface area (Å²) in [7, 11) is 1.87. The summed E-state index contributed by atoms with van der Waals surface area (Å²) in [6, 6.07) is 9.43. The van der Waals surface area contributed by atoms with Crippen LogP contribution in [0.25, 0.3) is 0 Å². The standard InChI is InChI=1S/C14H17N3O/c1-10(6-7-15)17(3)14-8-12(9-16)4-5-13(14)11(2)18/h4-5,8,10-11,18H,6H2,1-3H3/t10?,11-/m1/s1. The molecule has 1 aromatic carbocycles. The fraction of sp³-hybridized carbons (Fsp3) is 0.429. The minimum absolute atomic E-state index is 0.0291. The van der Waals surface area contributed by atoms with Gasteiger partial charge in [0.2, 0.25) is 0 Å². The average Bonchev–Trinajstić information content (AvgIpc) is 2.37. The average molecular weight is 243 g/mol. The van der Waals surface area contributed by atoms with E-state index >= 15 is 0 Å². The lowest BCUT2D eigenvalue weighted by Crippen LogP contribution is -2.29. The number of aliphatic hydroxyl groups is 1. The van der Waals surface area contributed by atoms with Gasteiger partial charge in [-0.25, -0.2) is 0 Å². The summed E-state index contributed by atoms with van der Waals surface area (Å²) in [6.45, 7) is 3.63. The third kappa shape index (κ3) is 3.00. The molecule has 0 aromatic heterocycles. The summed E-state index contributed by atoms with van der Waals surface area (Å²) < 4.78 is 0. The van der Waals surface area contributed by atoms with Crippen molar-refractivity contribution in [3.8, 4) is 12.1 Å². The highest BCUT2D eigenvalue weighted by molar-refractivity contribution is 5.58. The first kappa shape index (κ1) is 14.0. The molecule has 0 spiro atoms. The number of rotatable bonds is 4. The van der Waals surface area contributed by atoms with Gasteiger partial charge >= 0.3 is 0 Å². The summed E-state index contributed by atoms with van der Waals surface area (Å²) in [5.41, 5.74) is 2.11. The van der Waals surface area contributed by atoms with Gasteiger partial charge in [0.15, 0.2) is 0 Å². The van der Waals surface area contributed by atoms with Gasteiger partial charge < -0.3 is 10.0 Å². The Morgan fingerprint density at radius 2 is 2.00 bits per heavy atom. The lowest BCUT2D eigenvalue weighted by atomic mass is 10.0. The number of hydrogen-bond acceptors (Lipinski definition) is 4. The van der Waals surface area contributed by atoms with Crippen LogP contribution in [0.1, 0.15) is 37.5 Å². The third-order valence-corrected chi connectivity index (χ3v) is 3.04. The van der Waals surface area contributed by atoms with Gasteiger partial charge in [-0.05, 0) is 26.0 Å². The molecule has 0 heterocycles. The Morgan fingerprint density at radius 3 is 2.50 bits per heavy atom. The van der Waals surface area contributed by atoms with Crippen LogP contribution in [-0.2, 0) is 0 Å². The van der Waals surface area contributed by atoms with Crippen LogP contribution < -0.4 is 4.90 Å². The molecule has 0 fully saturated rings. The molecule has 0 saturated carbocycles. The van der Waals surface area contributed by atoms with E-state index in [1.54, 1.807) is 25.1 Å². The summed E-state index contributed by atoms with van der Waals surface area (Å²) in [4.78, 5) is 1.92. The zero-order chi connectivity index (χ0) is 13.7. The molecule has 4 heteroatoms. The molecule has 2 atom stereocenters. The SMILES string of the molecule is CC(CC#N)N(C)c1cc(C#N)ccc1[C@@H](C)O. The molecular weight excluding hydrogens is 226 g/mol. The fourth-order valence-electron chi connectivity index (χ4n) is 1.78. The van der Waals surface area contributed by atoms with Crippen LogP contribution in [0.3, 0.4) is 0 Å². The van der Waals surface area contributed by atoms with Gasteiger partial charge in [-0.15, -0.1) is 0 Å². The first-order valence-electron chi connectivity index (χ1n) is 5.83. The summed E-state index contributed by atoms with van der Waals surface area (Å²) >= 11 is 0. The van der Waals surface area contributed by atoms with E-state index in [0.717, 1.165) is 11.3 Å². The van der Waals surface area contributed by atoms with Crippen LogP contribution in [0, 0.1) is 22.7 Å². The molecule has 0 aliphatic rings. The summed E-state index contributed by atoms with van der Waals surface area (Å²) in [5, 5.41) is 27.4. The monoisotopic (exact) mass is 243 g/mol. The van der Waals surface area contributed by atoms with Crippen LogP contribution in [0.2, 0.25) is 0 Å². The maximum absolute atomic E-state index is 9.75. The van der Waals surface area contributed by atoms with Gasteiger partial charge in [-0.1, -0.05) is 6.07 Å². The number of nitrogens with zero attached hydrogens (tertiary/aromatic N) is 3. The Kier molecular flexibility index (Phi) is 4.71. The lowest BCUT2D eigenvalue weighted by molar-refractivity contribution is 0.199. The van der Waals surface area contributed by atoms with Gasteiger partial charge in [0, 0.05) is 24.3 Å². The lowest BCUT2D eigenvalue weighted by Gasteiger charge is -2.28. The molecule has 94 valence electrons. The summed E-state index contributed by atoms with van der Waals surface area (Å²) in [6.07, 6.45) is -0.212. The highest BCUT2D eigenvalue weighted by Crippen LogP contribution is 2.28. The number of nitriles is 2. The Bertz CT molecular complexity index is 497.